The van der Waals surface area contributed by atoms with Crippen molar-refractivity contribution in [1.82, 2.24) is 0 Å². The van der Waals surface area contributed by atoms with Crippen LogP contribution in [0.1, 0.15) is 24.1 Å². The smallest absolute Gasteiger partial charge is 0.146 e. The Balaban J connectivity index is 2.13. The van der Waals surface area contributed by atoms with Crippen LogP contribution in [0.3, 0.4) is 0 Å². The topological polar surface area (TPSA) is 55.5 Å². The summed E-state index contributed by atoms with van der Waals surface area (Å²) in [4.78, 5) is 0. The molecular formula is C16H18ClNO2. The number of aliphatic hydroxyl groups is 1. The molecule has 0 aliphatic carbocycles. The van der Waals surface area contributed by atoms with E-state index in [2.05, 4.69) is 0 Å². The highest BCUT2D eigenvalue weighted by atomic mass is 35.5. The van der Waals surface area contributed by atoms with Crippen molar-refractivity contribution >= 4 is 11.6 Å². The predicted octanol–water partition coefficient (Wildman–Crippen LogP) is 3.69. The summed E-state index contributed by atoms with van der Waals surface area (Å²) in [5.41, 5.74) is 7.85. The zero-order valence-corrected chi connectivity index (χ0v) is 12.1. The lowest BCUT2D eigenvalue weighted by atomic mass is 10.1. The summed E-state index contributed by atoms with van der Waals surface area (Å²) in [5, 5.41) is 9.41. The van der Waals surface area contributed by atoms with Crippen molar-refractivity contribution in [2.75, 3.05) is 6.61 Å². The van der Waals surface area contributed by atoms with Gasteiger partial charge in [-0.2, -0.15) is 0 Å². The van der Waals surface area contributed by atoms with Crippen molar-refractivity contribution in [3.8, 4) is 11.5 Å². The fourth-order valence-electron chi connectivity index (χ4n) is 1.86. The van der Waals surface area contributed by atoms with E-state index >= 15 is 0 Å². The molecule has 1 unspecified atom stereocenters. The highest BCUT2D eigenvalue weighted by Crippen LogP contribution is 2.31. The van der Waals surface area contributed by atoms with E-state index in [1.165, 1.54) is 0 Å². The monoisotopic (exact) mass is 291 g/mol. The molecular weight excluding hydrogens is 274 g/mol. The van der Waals surface area contributed by atoms with Gasteiger partial charge < -0.3 is 15.6 Å². The van der Waals surface area contributed by atoms with E-state index in [0.29, 0.717) is 22.9 Å². The number of rotatable bonds is 5. The molecule has 0 radical (unpaired) electrons. The van der Waals surface area contributed by atoms with E-state index in [1.807, 2.05) is 49.4 Å². The van der Waals surface area contributed by atoms with Crippen LogP contribution < -0.4 is 10.5 Å². The molecule has 0 aliphatic rings. The molecule has 2 rings (SSSR count). The van der Waals surface area contributed by atoms with Gasteiger partial charge in [-0.25, -0.2) is 0 Å². The fraction of sp³-hybridized carbons (Fsp3) is 0.250. The van der Waals surface area contributed by atoms with Crippen molar-refractivity contribution < 1.29 is 9.84 Å². The third kappa shape index (κ3) is 3.73. The van der Waals surface area contributed by atoms with Crippen LogP contribution >= 0.6 is 11.6 Å². The first kappa shape index (κ1) is 14.9. The SMILES string of the molecule is CC(N)c1ccc(Oc2ccc(CCO)cc2)c(Cl)c1. The molecule has 0 aromatic heterocycles. The van der Waals surface area contributed by atoms with E-state index in [1.54, 1.807) is 0 Å². The molecule has 0 amide bonds. The molecule has 3 nitrogen and oxygen atoms in total. The Bertz CT molecular complexity index is 567. The number of halogens is 1. The van der Waals surface area contributed by atoms with Gasteiger partial charge >= 0.3 is 0 Å². The van der Waals surface area contributed by atoms with Crippen LogP contribution in [-0.2, 0) is 6.42 Å². The minimum Gasteiger partial charge on any atom is -0.456 e. The fourth-order valence-corrected chi connectivity index (χ4v) is 2.09. The largest absolute Gasteiger partial charge is 0.456 e. The lowest BCUT2D eigenvalue weighted by Crippen LogP contribution is -2.04. The second kappa shape index (κ2) is 6.75. The Hall–Kier alpha value is -1.55. The number of hydrogen-bond donors (Lipinski definition) is 2. The molecule has 2 aromatic rings. The van der Waals surface area contributed by atoms with Gasteiger partial charge in [0, 0.05) is 12.6 Å². The molecule has 0 heterocycles. The van der Waals surface area contributed by atoms with E-state index in [9.17, 15) is 0 Å². The number of nitrogens with two attached hydrogens (primary N) is 1. The van der Waals surface area contributed by atoms with Crippen molar-refractivity contribution in [2.24, 2.45) is 5.73 Å². The van der Waals surface area contributed by atoms with Gasteiger partial charge in [-0.1, -0.05) is 29.8 Å². The third-order valence-electron chi connectivity index (χ3n) is 3.03. The van der Waals surface area contributed by atoms with Gasteiger partial charge in [0.15, 0.2) is 0 Å². The minimum absolute atomic E-state index is 0.0562. The maximum atomic E-state index is 8.87. The van der Waals surface area contributed by atoms with E-state index in [0.717, 1.165) is 11.1 Å². The number of ether oxygens (including phenoxy) is 1. The van der Waals surface area contributed by atoms with E-state index in [4.69, 9.17) is 27.2 Å². The zero-order valence-electron chi connectivity index (χ0n) is 11.3. The summed E-state index contributed by atoms with van der Waals surface area (Å²) in [5.74, 6) is 1.31. The molecule has 0 bridgehead atoms. The van der Waals surface area contributed by atoms with Crippen LogP contribution in [0.25, 0.3) is 0 Å². The first-order valence-corrected chi connectivity index (χ1v) is 6.90. The summed E-state index contributed by atoms with van der Waals surface area (Å²) in [6.45, 7) is 2.05. The minimum atomic E-state index is -0.0562. The summed E-state index contributed by atoms with van der Waals surface area (Å²) in [6, 6.07) is 13.1. The summed E-state index contributed by atoms with van der Waals surface area (Å²) < 4.78 is 5.74. The molecule has 2 aromatic carbocycles. The van der Waals surface area contributed by atoms with E-state index < -0.39 is 0 Å². The Morgan fingerprint density at radius 2 is 1.90 bits per heavy atom. The Morgan fingerprint density at radius 1 is 1.20 bits per heavy atom. The molecule has 0 saturated carbocycles. The second-order valence-electron chi connectivity index (χ2n) is 4.70. The third-order valence-corrected chi connectivity index (χ3v) is 3.33. The lowest BCUT2D eigenvalue weighted by molar-refractivity contribution is 0.299. The average molecular weight is 292 g/mol. The average Bonchev–Trinajstić information content (AvgIpc) is 2.43. The summed E-state index contributed by atoms with van der Waals surface area (Å²) in [6.07, 6.45) is 0.643. The molecule has 4 heteroatoms. The van der Waals surface area contributed by atoms with Crippen LogP contribution in [0.15, 0.2) is 42.5 Å². The standard InChI is InChI=1S/C16H18ClNO2/c1-11(18)13-4-7-16(15(17)10-13)20-14-5-2-12(3-6-14)8-9-19/h2-7,10-11,19H,8-9,18H2,1H3. The number of aliphatic hydroxyl groups excluding tert-OH is 1. The second-order valence-corrected chi connectivity index (χ2v) is 5.11. The number of benzene rings is 2. The summed E-state index contributed by atoms with van der Waals surface area (Å²) in [7, 11) is 0. The lowest BCUT2D eigenvalue weighted by Gasteiger charge is -2.11. The van der Waals surface area contributed by atoms with Gasteiger partial charge in [0.1, 0.15) is 11.5 Å². The van der Waals surface area contributed by atoms with Gasteiger partial charge in [0.25, 0.3) is 0 Å². The van der Waals surface area contributed by atoms with Crippen molar-refractivity contribution in [3.05, 3.63) is 58.6 Å². The molecule has 0 saturated heterocycles. The van der Waals surface area contributed by atoms with E-state index in [-0.39, 0.29) is 12.6 Å². The Labute approximate surface area is 123 Å². The molecule has 0 aliphatic heterocycles. The first-order valence-electron chi connectivity index (χ1n) is 6.53. The van der Waals surface area contributed by atoms with Gasteiger partial charge in [0.2, 0.25) is 0 Å². The Kier molecular flexibility index (Phi) is 5.01. The van der Waals surface area contributed by atoms with Crippen molar-refractivity contribution in [1.29, 1.82) is 0 Å². The van der Waals surface area contributed by atoms with Gasteiger partial charge in [-0.05, 0) is 48.7 Å². The molecule has 0 fully saturated rings. The van der Waals surface area contributed by atoms with Gasteiger partial charge in [0.05, 0.1) is 5.02 Å². The van der Waals surface area contributed by atoms with Crippen LogP contribution in [0.2, 0.25) is 5.02 Å². The molecule has 3 N–H and O–H groups in total. The molecule has 106 valence electrons. The van der Waals surface area contributed by atoms with Crippen LogP contribution in [0.4, 0.5) is 0 Å². The van der Waals surface area contributed by atoms with Gasteiger partial charge in [-0.15, -0.1) is 0 Å². The van der Waals surface area contributed by atoms with Crippen LogP contribution in [0, 0.1) is 0 Å². The van der Waals surface area contributed by atoms with Crippen LogP contribution in [-0.4, -0.2) is 11.7 Å². The zero-order chi connectivity index (χ0) is 14.5. The summed E-state index contributed by atoms with van der Waals surface area (Å²) >= 11 is 6.19. The highest BCUT2D eigenvalue weighted by Gasteiger charge is 2.07. The molecule has 1 atom stereocenters. The van der Waals surface area contributed by atoms with Gasteiger partial charge in [-0.3, -0.25) is 0 Å². The van der Waals surface area contributed by atoms with Crippen molar-refractivity contribution in [2.45, 2.75) is 19.4 Å². The maximum absolute atomic E-state index is 8.87. The maximum Gasteiger partial charge on any atom is 0.146 e. The first-order chi connectivity index (χ1) is 9.60. The normalized spacial score (nSPS) is 12.2. The Morgan fingerprint density at radius 3 is 2.45 bits per heavy atom. The van der Waals surface area contributed by atoms with Crippen molar-refractivity contribution in [3.63, 3.8) is 0 Å². The predicted molar refractivity (Wildman–Crippen MR) is 81.4 cm³/mol. The highest BCUT2D eigenvalue weighted by molar-refractivity contribution is 6.32. The number of hydrogen-bond acceptors (Lipinski definition) is 3. The molecule has 0 spiro atoms. The van der Waals surface area contributed by atoms with Crippen LogP contribution in [0.5, 0.6) is 11.5 Å². The molecule has 20 heavy (non-hydrogen) atoms. The quantitative estimate of drug-likeness (QED) is 0.883.